The summed E-state index contributed by atoms with van der Waals surface area (Å²) < 4.78 is 21.7. The minimum Gasteiger partial charge on any atom is -0.491 e. The smallest absolute Gasteiger partial charge is 0.335 e. The molecule has 0 saturated carbocycles. The van der Waals surface area contributed by atoms with Crippen LogP contribution < -0.4 is 4.74 Å². The Kier molecular flexibility index (Phi) is 8.11. The molecule has 0 N–H and O–H groups in total. The summed E-state index contributed by atoms with van der Waals surface area (Å²) in [7, 11) is 1.13. The number of methoxy groups -OCH3 is 2. The van der Waals surface area contributed by atoms with E-state index in [4.69, 9.17) is 18.6 Å². The topological polar surface area (TPSA) is 54.0 Å². The average Bonchev–Trinajstić information content (AvgIpc) is 2.56. The van der Waals surface area contributed by atoms with E-state index in [0.29, 0.717) is 19.6 Å². The highest BCUT2D eigenvalue weighted by Gasteiger charge is 2.36. The number of carbonyl (C=O) groups is 1. The van der Waals surface area contributed by atoms with Gasteiger partial charge in [-0.2, -0.15) is 0 Å². The van der Waals surface area contributed by atoms with Gasteiger partial charge in [-0.3, -0.25) is 0 Å². The van der Waals surface area contributed by atoms with Gasteiger partial charge in [0.2, 0.25) is 0 Å². The fourth-order valence-corrected chi connectivity index (χ4v) is 3.03. The van der Waals surface area contributed by atoms with E-state index in [1.54, 1.807) is 0 Å². The molecule has 0 aliphatic rings. The van der Waals surface area contributed by atoms with Gasteiger partial charge in [-0.1, -0.05) is 32.9 Å². The predicted molar refractivity (Wildman–Crippen MR) is 102 cm³/mol. The van der Waals surface area contributed by atoms with Crippen LogP contribution in [0.3, 0.4) is 0 Å². The van der Waals surface area contributed by atoms with Crippen LogP contribution in [0.4, 0.5) is 0 Å². The van der Waals surface area contributed by atoms with Crippen molar-refractivity contribution >= 4 is 14.3 Å². The van der Waals surface area contributed by atoms with Crippen LogP contribution in [0.15, 0.2) is 24.3 Å². The molecule has 0 unspecified atom stereocenters. The summed E-state index contributed by atoms with van der Waals surface area (Å²) in [6.07, 6.45) is -0.118. The molecule has 0 amide bonds. The molecule has 0 aromatic heterocycles. The van der Waals surface area contributed by atoms with Crippen LogP contribution in [-0.2, 0) is 25.1 Å². The molecule has 5 nitrogen and oxygen atoms in total. The first kappa shape index (κ1) is 21.7. The van der Waals surface area contributed by atoms with Crippen molar-refractivity contribution in [2.45, 2.75) is 51.4 Å². The van der Waals surface area contributed by atoms with E-state index >= 15 is 0 Å². The monoisotopic (exact) mass is 368 g/mol. The molecule has 0 saturated heterocycles. The largest absolute Gasteiger partial charge is 0.491 e. The van der Waals surface area contributed by atoms with Crippen LogP contribution in [0.2, 0.25) is 18.1 Å². The minimum absolute atomic E-state index is 0.201. The van der Waals surface area contributed by atoms with Gasteiger partial charge in [0.1, 0.15) is 12.4 Å². The molecule has 1 rings (SSSR count). The van der Waals surface area contributed by atoms with Crippen molar-refractivity contribution in [2.75, 3.05) is 27.4 Å². The van der Waals surface area contributed by atoms with Crippen LogP contribution in [-0.4, -0.2) is 47.8 Å². The maximum atomic E-state index is 11.6. The second-order valence-corrected chi connectivity index (χ2v) is 12.4. The fourth-order valence-electron chi connectivity index (χ4n) is 2.00. The first-order valence-electron chi connectivity index (χ1n) is 8.57. The zero-order valence-electron chi connectivity index (χ0n) is 16.5. The summed E-state index contributed by atoms with van der Waals surface area (Å²) in [5.74, 6) is 0.417. The summed E-state index contributed by atoms with van der Waals surface area (Å²) >= 11 is 0. The number of ether oxygens (including phenoxy) is 3. The van der Waals surface area contributed by atoms with Crippen LogP contribution in [0, 0.1) is 0 Å². The molecular weight excluding hydrogens is 336 g/mol. The molecule has 0 bridgehead atoms. The number of esters is 1. The summed E-state index contributed by atoms with van der Waals surface area (Å²) in [6, 6.07) is 7.65. The summed E-state index contributed by atoms with van der Waals surface area (Å²) in [5, 5.41) is 0.201. The molecule has 0 radical (unpaired) electrons. The lowest BCUT2D eigenvalue weighted by molar-refractivity contribution is -0.152. The van der Waals surface area contributed by atoms with E-state index in [1.165, 1.54) is 14.2 Å². The molecule has 0 spiro atoms. The van der Waals surface area contributed by atoms with Crippen molar-refractivity contribution in [1.82, 2.24) is 0 Å². The van der Waals surface area contributed by atoms with Gasteiger partial charge in [0, 0.05) is 13.5 Å². The Balaban J connectivity index is 2.46. The van der Waals surface area contributed by atoms with Gasteiger partial charge in [-0.05, 0) is 35.8 Å². The third-order valence-corrected chi connectivity index (χ3v) is 9.25. The van der Waals surface area contributed by atoms with E-state index in [1.807, 2.05) is 24.3 Å². The second-order valence-electron chi connectivity index (χ2n) is 7.55. The maximum absolute atomic E-state index is 11.6. The van der Waals surface area contributed by atoms with Gasteiger partial charge in [0.15, 0.2) is 14.4 Å². The highest BCUT2D eigenvalue weighted by Crippen LogP contribution is 2.36. The number of carbonyl (C=O) groups excluding carboxylic acids is 1. The Morgan fingerprint density at radius 2 is 1.68 bits per heavy atom. The van der Waals surface area contributed by atoms with Gasteiger partial charge < -0.3 is 18.6 Å². The van der Waals surface area contributed by atoms with Crippen molar-refractivity contribution in [1.29, 1.82) is 0 Å². The third kappa shape index (κ3) is 6.80. The standard InChI is InChI=1S/C19H32O5Si/c1-19(2,3)25(6,7)24-13-12-23-16-10-8-15(9-11-16)14-17(21-4)18(20)22-5/h8-11,17H,12-14H2,1-7H3/t17-/m0/s1. The molecule has 1 aromatic rings. The van der Waals surface area contributed by atoms with Crippen molar-refractivity contribution in [3.8, 4) is 5.75 Å². The predicted octanol–water partition coefficient (Wildman–Crippen LogP) is 3.82. The zero-order chi connectivity index (χ0) is 19.1. The molecule has 6 heteroatoms. The van der Waals surface area contributed by atoms with E-state index in [2.05, 4.69) is 33.9 Å². The van der Waals surface area contributed by atoms with Crippen molar-refractivity contribution in [3.05, 3.63) is 29.8 Å². The lowest BCUT2D eigenvalue weighted by atomic mass is 10.1. The number of hydrogen-bond donors (Lipinski definition) is 0. The van der Waals surface area contributed by atoms with E-state index in [0.717, 1.165) is 11.3 Å². The molecule has 0 fully saturated rings. The molecule has 142 valence electrons. The first-order chi connectivity index (χ1) is 11.6. The highest BCUT2D eigenvalue weighted by atomic mass is 28.4. The van der Waals surface area contributed by atoms with Gasteiger partial charge >= 0.3 is 5.97 Å². The summed E-state index contributed by atoms with van der Waals surface area (Å²) in [5.41, 5.74) is 0.988. The lowest BCUT2D eigenvalue weighted by Crippen LogP contribution is -2.41. The van der Waals surface area contributed by atoms with Crippen LogP contribution in [0.1, 0.15) is 26.3 Å². The van der Waals surface area contributed by atoms with Gasteiger partial charge in [0.05, 0.1) is 13.7 Å². The molecular formula is C19H32O5Si. The summed E-state index contributed by atoms with van der Waals surface area (Å²) in [6.45, 7) is 12.2. The normalized spacial score (nSPS) is 13.4. The molecule has 0 aliphatic carbocycles. The van der Waals surface area contributed by atoms with E-state index in [9.17, 15) is 4.79 Å². The van der Waals surface area contributed by atoms with Gasteiger partial charge in [-0.15, -0.1) is 0 Å². The van der Waals surface area contributed by atoms with E-state index in [-0.39, 0.29) is 11.0 Å². The Morgan fingerprint density at radius 1 is 1.08 bits per heavy atom. The van der Waals surface area contributed by atoms with Crippen molar-refractivity contribution in [3.63, 3.8) is 0 Å². The Labute approximate surface area is 152 Å². The number of rotatable bonds is 9. The molecule has 1 atom stereocenters. The molecule has 25 heavy (non-hydrogen) atoms. The minimum atomic E-state index is -1.73. The third-order valence-electron chi connectivity index (χ3n) is 4.71. The Bertz CT molecular complexity index is 534. The Hall–Kier alpha value is -1.37. The maximum Gasteiger partial charge on any atom is 0.335 e. The van der Waals surface area contributed by atoms with Gasteiger partial charge in [0.25, 0.3) is 0 Å². The van der Waals surface area contributed by atoms with Crippen molar-refractivity contribution < 1.29 is 23.4 Å². The van der Waals surface area contributed by atoms with Crippen LogP contribution in [0.5, 0.6) is 5.75 Å². The number of hydrogen-bond acceptors (Lipinski definition) is 5. The van der Waals surface area contributed by atoms with Crippen LogP contribution >= 0.6 is 0 Å². The van der Waals surface area contributed by atoms with Gasteiger partial charge in [-0.25, -0.2) is 4.79 Å². The quantitative estimate of drug-likeness (QED) is 0.377. The lowest BCUT2D eigenvalue weighted by Gasteiger charge is -2.36. The average molecular weight is 369 g/mol. The van der Waals surface area contributed by atoms with Crippen molar-refractivity contribution in [2.24, 2.45) is 0 Å². The van der Waals surface area contributed by atoms with Crippen LogP contribution in [0.25, 0.3) is 0 Å². The van der Waals surface area contributed by atoms with E-state index < -0.39 is 14.4 Å². The fraction of sp³-hybridized carbons (Fsp3) is 0.632. The molecule has 0 aliphatic heterocycles. The number of benzene rings is 1. The Morgan fingerprint density at radius 3 is 2.16 bits per heavy atom. The first-order valence-corrected chi connectivity index (χ1v) is 11.5. The molecule has 1 aromatic carbocycles. The highest BCUT2D eigenvalue weighted by molar-refractivity contribution is 6.74. The zero-order valence-corrected chi connectivity index (χ0v) is 17.5. The SMILES string of the molecule is COC(=O)[C@H](Cc1ccc(OCCO[Si](C)(C)C(C)(C)C)cc1)OC. The second kappa shape index (κ2) is 9.36. The summed E-state index contributed by atoms with van der Waals surface area (Å²) in [4.78, 5) is 11.6. The molecule has 0 heterocycles.